The predicted molar refractivity (Wildman–Crippen MR) is 108 cm³/mol. The van der Waals surface area contributed by atoms with Crippen molar-refractivity contribution in [3.63, 3.8) is 0 Å². The molecule has 3 aromatic carbocycles. The molecule has 0 atom stereocenters. The molecule has 3 rings (SSSR count). The lowest BCUT2D eigenvalue weighted by atomic mass is 10.1. The maximum Gasteiger partial charge on any atom is 0.0490 e. The van der Waals surface area contributed by atoms with Gasteiger partial charge in [-0.2, -0.15) is 0 Å². The molecule has 0 amide bonds. The molecule has 0 aliphatic heterocycles. The summed E-state index contributed by atoms with van der Waals surface area (Å²) in [5, 5.41) is 0. The van der Waals surface area contributed by atoms with Crippen LogP contribution in [-0.2, 0) is 0 Å². The van der Waals surface area contributed by atoms with Crippen molar-refractivity contribution in [2.45, 2.75) is 27.7 Å². The van der Waals surface area contributed by atoms with Crippen LogP contribution in [0.5, 0.6) is 0 Å². The van der Waals surface area contributed by atoms with Crippen molar-refractivity contribution in [3.8, 4) is 0 Å². The van der Waals surface area contributed by atoms with Crippen LogP contribution in [0.2, 0.25) is 0 Å². The van der Waals surface area contributed by atoms with Crippen LogP contribution in [0.15, 0.2) is 65.1 Å². The zero-order chi connectivity index (χ0) is 17.3. The highest BCUT2D eigenvalue weighted by Gasteiger charge is 2.15. The van der Waals surface area contributed by atoms with Gasteiger partial charge < -0.3 is 4.90 Å². The third kappa shape index (κ3) is 3.39. The predicted octanol–water partition coefficient (Wildman–Crippen LogP) is 7.15. The third-order valence-electron chi connectivity index (χ3n) is 4.43. The molecule has 0 N–H and O–H groups in total. The number of halogens is 1. The maximum absolute atomic E-state index is 3.53. The van der Waals surface area contributed by atoms with Crippen molar-refractivity contribution in [1.29, 1.82) is 0 Å². The van der Waals surface area contributed by atoms with Crippen molar-refractivity contribution in [2.75, 3.05) is 4.90 Å². The molecule has 0 saturated carbocycles. The summed E-state index contributed by atoms with van der Waals surface area (Å²) >= 11 is 3.53. The molecule has 0 aliphatic carbocycles. The van der Waals surface area contributed by atoms with Crippen LogP contribution < -0.4 is 4.90 Å². The number of benzene rings is 3. The average Bonchev–Trinajstić information content (AvgIpc) is 2.54. The van der Waals surface area contributed by atoms with E-state index in [-0.39, 0.29) is 0 Å². The van der Waals surface area contributed by atoms with Crippen molar-refractivity contribution < 1.29 is 0 Å². The normalized spacial score (nSPS) is 10.7. The SMILES string of the molecule is Cc1ccc(N(c2ccc(Br)cc2)c2ccc(C)c(C)c2)c(C)c1. The molecular weight excluding hydrogens is 358 g/mol. The molecule has 3 aromatic rings. The summed E-state index contributed by atoms with van der Waals surface area (Å²) < 4.78 is 1.09. The van der Waals surface area contributed by atoms with Gasteiger partial charge in [0.2, 0.25) is 0 Å². The average molecular weight is 380 g/mol. The third-order valence-corrected chi connectivity index (χ3v) is 4.96. The second-order valence-corrected chi connectivity index (χ2v) is 7.29. The fourth-order valence-electron chi connectivity index (χ4n) is 2.94. The molecule has 0 saturated heterocycles. The second kappa shape index (κ2) is 6.82. The molecule has 0 heterocycles. The summed E-state index contributed by atoms with van der Waals surface area (Å²) in [6, 6.07) is 21.8. The Kier molecular flexibility index (Phi) is 4.77. The van der Waals surface area contributed by atoms with Gasteiger partial charge in [0.05, 0.1) is 0 Å². The van der Waals surface area contributed by atoms with E-state index in [1.54, 1.807) is 0 Å². The first-order valence-electron chi connectivity index (χ1n) is 8.16. The van der Waals surface area contributed by atoms with Crippen LogP contribution in [-0.4, -0.2) is 0 Å². The van der Waals surface area contributed by atoms with E-state index in [0.717, 1.165) is 10.2 Å². The van der Waals surface area contributed by atoms with Crippen LogP contribution >= 0.6 is 15.9 Å². The summed E-state index contributed by atoms with van der Waals surface area (Å²) in [7, 11) is 0. The van der Waals surface area contributed by atoms with E-state index in [1.165, 1.54) is 33.6 Å². The van der Waals surface area contributed by atoms with Crippen molar-refractivity contribution in [2.24, 2.45) is 0 Å². The van der Waals surface area contributed by atoms with Gasteiger partial charge in [0.1, 0.15) is 0 Å². The molecule has 1 nitrogen and oxygen atoms in total. The molecule has 0 unspecified atom stereocenters. The zero-order valence-electron chi connectivity index (χ0n) is 14.6. The maximum atomic E-state index is 3.53. The Morgan fingerprint density at radius 2 is 1.29 bits per heavy atom. The van der Waals surface area contributed by atoms with E-state index in [2.05, 4.69) is 109 Å². The number of aryl methyl sites for hydroxylation is 4. The number of hydrogen-bond donors (Lipinski definition) is 0. The summed E-state index contributed by atoms with van der Waals surface area (Å²) in [5.74, 6) is 0. The summed E-state index contributed by atoms with van der Waals surface area (Å²) in [4.78, 5) is 2.33. The van der Waals surface area contributed by atoms with Crippen molar-refractivity contribution in [1.82, 2.24) is 0 Å². The minimum atomic E-state index is 1.09. The lowest BCUT2D eigenvalue weighted by Gasteiger charge is -2.28. The van der Waals surface area contributed by atoms with Gasteiger partial charge in [0, 0.05) is 21.5 Å². The smallest absolute Gasteiger partial charge is 0.0490 e. The molecule has 0 radical (unpaired) electrons. The van der Waals surface area contributed by atoms with Gasteiger partial charge in [-0.1, -0.05) is 39.7 Å². The largest absolute Gasteiger partial charge is 0.310 e. The standard InChI is InChI=1S/C22H22BrN/c1-15-5-12-22(18(4)13-15)24(20-10-7-19(23)8-11-20)21-9-6-16(2)17(3)14-21/h5-14H,1-4H3. The molecule has 2 heteroatoms. The summed E-state index contributed by atoms with van der Waals surface area (Å²) in [5.41, 5.74) is 8.74. The second-order valence-electron chi connectivity index (χ2n) is 6.37. The monoisotopic (exact) mass is 379 g/mol. The van der Waals surface area contributed by atoms with E-state index in [9.17, 15) is 0 Å². The first-order valence-corrected chi connectivity index (χ1v) is 8.95. The highest BCUT2D eigenvalue weighted by Crippen LogP contribution is 2.37. The number of anilines is 3. The van der Waals surface area contributed by atoms with E-state index in [4.69, 9.17) is 0 Å². The van der Waals surface area contributed by atoms with Crippen molar-refractivity contribution >= 4 is 33.0 Å². The van der Waals surface area contributed by atoms with Crippen LogP contribution in [0.4, 0.5) is 17.1 Å². The van der Waals surface area contributed by atoms with Gasteiger partial charge in [-0.25, -0.2) is 0 Å². The summed E-state index contributed by atoms with van der Waals surface area (Å²) in [6.45, 7) is 8.63. The summed E-state index contributed by atoms with van der Waals surface area (Å²) in [6.07, 6.45) is 0. The topological polar surface area (TPSA) is 3.24 Å². The molecule has 0 aliphatic rings. The van der Waals surface area contributed by atoms with Gasteiger partial charge in [0.15, 0.2) is 0 Å². The van der Waals surface area contributed by atoms with Crippen LogP contribution in [0, 0.1) is 27.7 Å². The quantitative estimate of drug-likeness (QED) is 0.466. The van der Waals surface area contributed by atoms with Gasteiger partial charge in [-0.05, 0) is 86.8 Å². The Labute approximate surface area is 153 Å². The fourth-order valence-corrected chi connectivity index (χ4v) is 3.20. The Balaban J connectivity index is 2.20. The zero-order valence-corrected chi connectivity index (χ0v) is 16.2. The molecule has 122 valence electrons. The minimum Gasteiger partial charge on any atom is -0.310 e. The van der Waals surface area contributed by atoms with Crippen LogP contribution in [0.3, 0.4) is 0 Å². The Hall–Kier alpha value is -2.06. The Morgan fingerprint density at radius 3 is 1.92 bits per heavy atom. The molecule has 0 spiro atoms. The highest BCUT2D eigenvalue weighted by atomic mass is 79.9. The van der Waals surface area contributed by atoms with Gasteiger partial charge >= 0.3 is 0 Å². The van der Waals surface area contributed by atoms with Gasteiger partial charge in [0.25, 0.3) is 0 Å². The molecular formula is C22H22BrN. The van der Waals surface area contributed by atoms with Crippen LogP contribution in [0.25, 0.3) is 0 Å². The lowest BCUT2D eigenvalue weighted by molar-refractivity contribution is 1.22. The molecule has 0 aromatic heterocycles. The van der Waals surface area contributed by atoms with Crippen LogP contribution in [0.1, 0.15) is 22.3 Å². The Bertz CT molecular complexity index is 866. The van der Waals surface area contributed by atoms with E-state index >= 15 is 0 Å². The van der Waals surface area contributed by atoms with E-state index < -0.39 is 0 Å². The van der Waals surface area contributed by atoms with Crippen molar-refractivity contribution in [3.05, 3.63) is 87.4 Å². The lowest BCUT2D eigenvalue weighted by Crippen LogP contribution is -2.11. The number of hydrogen-bond acceptors (Lipinski definition) is 1. The van der Waals surface area contributed by atoms with Gasteiger partial charge in [-0.15, -0.1) is 0 Å². The minimum absolute atomic E-state index is 1.09. The number of nitrogens with zero attached hydrogens (tertiary/aromatic N) is 1. The van der Waals surface area contributed by atoms with E-state index in [1.807, 2.05) is 0 Å². The molecule has 0 fully saturated rings. The molecule has 0 bridgehead atoms. The van der Waals surface area contributed by atoms with Gasteiger partial charge in [-0.3, -0.25) is 0 Å². The van der Waals surface area contributed by atoms with E-state index in [0.29, 0.717) is 0 Å². The first-order chi connectivity index (χ1) is 11.5. The first kappa shape index (κ1) is 16.8. The Morgan fingerprint density at radius 1 is 0.625 bits per heavy atom. The molecule has 24 heavy (non-hydrogen) atoms. The highest BCUT2D eigenvalue weighted by molar-refractivity contribution is 9.10. The number of rotatable bonds is 3. The fraction of sp³-hybridized carbons (Fsp3) is 0.182.